The first-order chi connectivity index (χ1) is 9.04. The maximum atomic E-state index is 12.3. The lowest BCUT2D eigenvalue weighted by Gasteiger charge is -1.90. The number of halogens is 2. The largest absolute Gasteiger partial charge is 0.453 e. The van der Waals surface area contributed by atoms with Crippen LogP contribution in [0.1, 0.15) is 21.0 Å². The third-order valence-electron chi connectivity index (χ3n) is 2.78. The van der Waals surface area contributed by atoms with Crippen LogP contribution in [0.4, 0.5) is 0 Å². The summed E-state index contributed by atoms with van der Waals surface area (Å²) in [7, 11) is 0. The third kappa shape index (κ3) is 2.36. The first-order valence-corrected chi connectivity index (χ1v) is 7.53. The van der Waals surface area contributed by atoms with Gasteiger partial charge in [0, 0.05) is 10.4 Å². The monoisotopic (exact) mass is 354 g/mol. The van der Waals surface area contributed by atoms with Gasteiger partial charge < -0.3 is 4.42 Å². The standard InChI is InChI=1S/C14H8BrClO2S/c1-7-4-12(19-14(7)15)13(17)11-6-8-5-9(16)2-3-10(8)18-11/h2-6H,1H3. The smallest absolute Gasteiger partial charge is 0.238 e. The van der Waals surface area contributed by atoms with E-state index in [0.717, 1.165) is 14.7 Å². The summed E-state index contributed by atoms with van der Waals surface area (Å²) in [6, 6.07) is 8.88. The van der Waals surface area contributed by atoms with Gasteiger partial charge in [0.15, 0.2) is 5.76 Å². The van der Waals surface area contributed by atoms with Crippen LogP contribution in [0.25, 0.3) is 11.0 Å². The quantitative estimate of drug-likeness (QED) is 0.572. The second-order valence-electron chi connectivity index (χ2n) is 4.19. The summed E-state index contributed by atoms with van der Waals surface area (Å²) in [6.07, 6.45) is 0. The van der Waals surface area contributed by atoms with Crippen molar-refractivity contribution in [3.63, 3.8) is 0 Å². The fourth-order valence-electron chi connectivity index (χ4n) is 1.82. The molecule has 19 heavy (non-hydrogen) atoms. The number of furan rings is 1. The maximum Gasteiger partial charge on any atom is 0.238 e. The first kappa shape index (κ1) is 12.9. The van der Waals surface area contributed by atoms with Crippen LogP contribution in [0.2, 0.25) is 5.02 Å². The average molecular weight is 356 g/mol. The summed E-state index contributed by atoms with van der Waals surface area (Å²) in [6.45, 7) is 1.95. The predicted octanol–water partition coefficient (Wildman–Crippen LogP) is 5.45. The predicted molar refractivity (Wildman–Crippen MR) is 81.4 cm³/mol. The lowest BCUT2D eigenvalue weighted by atomic mass is 10.2. The van der Waals surface area contributed by atoms with Crippen molar-refractivity contribution in [2.75, 3.05) is 0 Å². The Bertz CT molecular complexity index is 768. The molecule has 0 atom stereocenters. The van der Waals surface area contributed by atoms with E-state index in [1.807, 2.05) is 13.0 Å². The van der Waals surface area contributed by atoms with Crippen molar-refractivity contribution in [1.82, 2.24) is 0 Å². The van der Waals surface area contributed by atoms with Gasteiger partial charge in [-0.25, -0.2) is 0 Å². The fourth-order valence-corrected chi connectivity index (χ4v) is 3.48. The minimum Gasteiger partial charge on any atom is -0.453 e. The van der Waals surface area contributed by atoms with Gasteiger partial charge in [0.05, 0.1) is 8.66 Å². The van der Waals surface area contributed by atoms with Gasteiger partial charge in [-0.3, -0.25) is 4.79 Å². The number of thiophene rings is 1. The van der Waals surface area contributed by atoms with E-state index in [4.69, 9.17) is 16.0 Å². The van der Waals surface area contributed by atoms with Crippen molar-refractivity contribution >= 4 is 55.6 Å². The van der Waals surface area contributed by atoms with E-state index in [0.29, 0.717) is 21.2 Å². The molecule has 2 aromatic heterocycles. The van der Waals surface area contributed by atoms with Crippen LogP contribution in [0, 0.1) is 6.92 Å². The highest BCUT2D eigenvalue weighted by molar-refractivity contribution is 9.11. The molecule has 0 aliphatic rings. The molecule has 0 aliphatic carbocycles. The number of aryl methyl sites for hydroxylation is 1. The van der Waals surface area contributed by atoms with Crippen molar-refractivity contribution in [3.8, 4) is 0 Å². The van der Waals surface area contributed by atoms with Gasteiger partial charge in [-0.05, 0) is 58.7 Å². The van der Waals surface area contributed by atoms with Gasteiger partial charge in [0.25, 0.3) is 0 Å². The molecule has 3 aromatic rings. The van der Waals surface area contributed by atoms with Gasteiger partial charge in [0.2, 0.25) is 5.78 Å². The fraction of sp³-hybridized carbons (Fsp3) is 0.0714. The van der Waals surface area contributed by atoms with Gasteiger partial charge in [-0.2, -0.15) is 0 Å². The van der Waals surface area contributed by atoms with E-state index in [9.17, 15) is 4.79 Å². The summed E-state index contributed by atoms with van der Waals surface area (Å²) >= 11 is 10.7. The molecular formula is C14H8BrClO2S. The summed E-state index contributed by atoms with van der Waals surface area (Å²) in [5.41, 5.74) is 1.72. The molecule has 2 nitrogen and oxygen atoms in total. The second kappa shape index (κ2) is 4.78. The number of hydrogen-bond donors (Lipinski definition) is 0. The molecule has 0 saturated carbocycles. The lowest BCUT2D eigenvalue weighted by molar-refractivity contribution is 0.101. The number of hydrogen-bond acceptors (Lipinski definition) is 3. The normalized spacial score (nSPS) is 11.1. The number of ketones is 1. The summed E-state index contributed by atoms with van der Waals surface area (Å²) < 4.78 is 6.54. The Morgan fingerprint density at radius 2 is 2.11 bits per heavy atom. The van der Waals surface area contributed by atoms with Crippen LogP contribution in [0.15, 0.2) is 38.5 Å². The molecule has 96 valence electrons. The SMILES string of the molecule is Cc1cc(C(=O)c2cc3cc(Cl)ccc3o2)sc1Br. The second-order valence-corrected chi connectivity index (χ2v) is 7.00. The van der Waals surface area contributed by atoms with Crippen molar-refractivity contribution in [2.45, 2.75) is 6.92 Å². The molecule has 0 fully saturated rings. The van der Waals surface area contributed by atoms with E-state index in [2.05, 4.69) is 15.9 Å². The Morgan fingerprint density at radius 1 is 1.32 bits per heavy atom. The van der Waals surface area contributed by atoms with Crippen molar-refractivity contribution in [2.24, 2.45) is 0 Å². The topological polar surface area (TPSA) is 30.2 Å². The molecule has 3 rings (SSSR count). The van der Waals surface area contributed by atoms with Crippen LogP contribution in [0.5, 0.6) is 0 Å². The summed E-state index contributed by atoms with van der Waals surface area (Å²) in [4.78, 5) is 13.0. The Hall–Kier alpha value is -1.10. The molecule has 0 spiro atoms. The Balaban J connectivity index is 2.06. The zero-order valence-corrected chi connectivity index (χ0v) is 13.0. The number of carbonyl (C=O) groups excluding carboxylic acids is 1. The Morgan fingerprint density at radius 3 is 2.79 bits per heavy atom. The molecule has 0 amide bonds. The molecular weight excluding hydrogens is 348 g/mol. The molecule has 0 saturated heterocycles. The minimum atomic E-state index is -0.105. The van der Waals surface area contributed by atoms with Crippen LogP contribution < -0.4 is 0 Å². The zero-order valence-electron chi connectivity index (χ0n) is 9.87. The van der Waals surface area contributed by atoms with E-state index >= 15 is 0 Å². The Kier molecular flexibility index (Phi) is 3.25. The number of rotatable bonds is 2. The van der Waals surface area contributed by atoms with E-state index in [1.54, 1.807) is 24.3 Å². The maximum absolute atomic E-state index is 12.3. The summed E-state index contributed by atoms with van der Waals surface area (Å²) in [5, 5.41) is 1.46. The van der Waals surface area contributed by atoms with Gasteiger partial charge in [-0.15, -0.1) is 11.3 Å². The molecule has 2 heterocycles. The number of carbonyl (C=O) groups is 1. The van der Waals surface area contributed by atoms with Gasteiger partial charge >= 0.3 is 0 Å². The summed E-state index contributed by atoms with van der Waals surface area (Å²) in [5.74, 6) is 0.233. The van der Waals surface area contributed by atoms with E-state index in [1.165, 1.54) is 11.3 Å². The van der Waals surface area contributed by atoms with Crippen molar-refractivity contribution < 1.29 is 9.21 Å². The molecule has 0 N–H and O–H groups in total. The molecule has 0 unspecified atom stereocenters. The third-order valence-corrected chi connectivity index (χ3v) is 5.15. The van der Waals surface area contributed by atoms with Crippen molar-refractivity contribution in [1.29, 1.82) is 0 Å². The highest BCUT2D eigenvalue weighted by Crippen LogP contribution is 2.30. The minimum absolute atomic E-state index is 0.105. The average Bonchev–Trinajstić information content (AvgIpc) is 2.92. The van der Waals surface area contributed by atoms with E-state index < -0.39 is 0 Å². The number of benzene rings is 1. The number of fused-ring (bicyclic) bond motifs is 1. The van der Waals surface area contributed by atoms with Gasteiger partial charge in [0.1, 0.15) is 5.58 Å². The molecule has 1 aromatic carbocycles. The zero-order chi connectivity index (χ0) is 13.6. The van der Waals surface area contributed by atoms with Gasteiger partial charge in [-0.1, -0.05) is 11.6 Å². The molecule has 0 bridgehead atoms. The molecule has 5 heteroatoms. The van der Waals surface area contributed by atoms with Crippen LogP contribution >= 0.6 is 38.9 Å². The van der Waals surface area contributed by atoms with Crippen LogP contribution in [-0.2, 0) is 0 Å². The van der Waals surface area contributed by atoms with Crippen molar-refractivity contribution in [3.05, 3.63) is 55.3 Å². The molecule has 0 radical (unpaired) electrons. The Labute approximate surface area is 127 Å². The molecule has 0 aliphatic heterocycles. The van der Waals surface area contributed by atoms with Crippen LogP contribution in [-0.4, -0.2) is 5.78 Å². The highest BCUT2D eigenvalue weighted by Gasteiger charge is 2.17. The highest BCUT2D eigenvalue weighted by atomic mass is 79.9. The van der Waals surface area contributed by atoms with E-state index in [-0.39, 0.29) is 5.78 Å². The van der Waals surface area contributed by atoms with Crippen LogP contribution in [0.3, 0.4) is 0 Å². The lowest BCUT2D eigenvalue weighted by Crippen LogP contribution is -1.95. The first-order valence-electron chi connectivity index (χ1n) is 5.54.